The second-order valence-electron chi connectivity index (χ2n) is 2.99. The highest BCUT2D eigenvalue weighted by atomic mass is 15.1. The van der Waals surface area contributed by atoms with E-state index in [0.717, 1.165) is 19.5 Å². The van der Waals surface area contributed by atoms with Crippen LogP contribution < -0.4 is 5.32 Å². The van der Waals surface area contributed by atoms with Crippen LogP contribution in [0.1, 0.15) is 13.3 Å². The first-order valence-electron chi connectivity index (χ1n) is 4.21. The van der Waals surface area contributed by atoms with Crippen molar-refractivity contribution in [2.75, 3.05) is 27.2 Å². The fourth-order valence-corrected chi connectivity index (χ4v) is 0.963. The molecule has 2 nitrogen and oxygen atoms in total. The van der Waals surface area contributed by atoms with Gasteiger partial charge in [0.15, 0.2) is 0 Å². The minimum atomic E-state index is 0.474. The Morgan fingerprint density at radius 3 is 2.55 bits per heavy atom. The van der Waals surface area contributed by atoms with E-state index in [1.165, 1.54) is 0 Å². The average molecular weight is 156 g/mol. The van der Waals surface area contributed by atoms with Gasteiger partial charge in [0, 0.05) is 6.04 Å². The molecule has 0 aliphatic carbocycles. The van der Waals surface area contributed by atoms with Gasteiger partial charge in [0.2, 0.25) is 0 Å². The van der Waals surface area contributed by atoms with Crippen molar-refractivity contribution in [3.63, 3.8) is 0 Å². The SMILES string of the molecule is C=CC(CCN(C)C)NCC. The van der Waals surface area contributed by atoms with E-state index < -0.39 is 0 Å². The number of rotatable bonds is 6. The normalized spacial score (nSPS) is 13.5. The van der Waals surface area contributed by atoms with Crippen molar-refractivity contribution in [3.8, 4) is 0 Å². The average Bonchev–Trinajstić information content (AvgIpc) is 1.97. The molecule has 0 aliphatic heterocycles. The zero-order valence-electron chi connectivity index (χ0n) is 7.93. The van der Waals surface area contributed by atoms with Gasteiger partial charge in [-0.05, 0) is 33.6 Å². The minimum absolute atomic E-state index is 0.474. The van der Waals surface area contributed by atoms with Crippen LogP contribution in [0.15, 0.2) is 12.7 Å². The van der Waals surface area contributed by atoms with Crippen LogP contribution in [0.4, 0.5) is 0 Å². The summed E-state index contributed by atoms with van der Waals surface area (Å²) in [5.41, 5.74) is 0. The highest BCUT2D eigenvalue weighted by Gasteiger charge is 2.01. The molecular weight excluding hydrogens is 136 g/mol. The second kappa shape index (κ2) is 6.38. The van der Waals surface area contributed by atoms with Crippen molar-refractivity contribution in [2.24, 2.45) is 0 Å². The zero-order valence-corrected chi connectivity index (χ0v) is 7.93. The molecule has 0 amide bonds. The van der Waals surface area contributed by atoms with Crippen molar-refractivity contribution in [1.29, 1.82) is 0 Å². The molecular formula is C9H20N2. The van der Waals surface area contributed by atoms with Crippen LogP contribution in [0.3, 0.4) is 0 Å². The molecule has 0 aromatic heterocycles. The maximum atomic E-state index is 3.78. The molecule has 0 radical (unpaired) electrons. The molecule has 0 aromatic rings. The standard InChI is InChI=1S/C9H20N2/c1-5-9(10-6-2)7-8-11(3)4/h5,9-10H,1,6-8H2,2-4H3. The summed E-state index contributed by atoms with van der Waals surface area (Å²) in [5, 5.41) is 3.34. The van der Waals surface area contributed by atoms with Gasteiger partial charge >= 0.3 is 0 Å². The Balaban J connectivity index is 3.43. The van der Waals surface area contributed by atoms with Gasteiger partial charge in [-0.2, -0.15) is 0 Å². The topological polar surface area (TPSA) is 15.3 Å². The largest absolute Gasteiger partial charge is 0.311 e. The maximum absolute atomic E-state index is 3.78. The van der Waals surface area contributed by atoms with Crippen LogP contribution >= 0.6 is 0 Å². The molecule has 0 bridgehead atoms. The summed E-state index contributed by atoms with van der Waals surface area (Å²) in [6, 6.07) is 0.474. The third-order valence-electron chi connectivity index (χ3n) is 1.64. The van der Waals surface area contributed by atoms with E-state index in [4.69, 9.17) is 0 Å². The fourth-order valence-electron chi connectivity index (χ4n) is 0.963. The molecule has 0 aromatic carbocycles. The molecule has 0 spiro atoms. The lowest BCUT2D eigenvalue weighted by atomic mass is 10.2. The van der Waals surface area contributed by atoms with Gasteiger partial charge in [-0.15, -0.1) is 6.58 Å². The fraction of sp³-hybridized carbons (Fsp3) is 0.778. The summed E-state index contributed by atoms with van der Waals surface area (Å²) in [4.78, 5) is 2.19. The van der Waals surface area contributed by atoms with E-state index in [9.17, 15) is 0 Å². The molecule has 1 N–H and O–H groups in total. The lowest BCUT2D eigenvalue weighted by Gasteiger charge is -2.16. The van der Waals surface area contributed by atoms with Crippen molar-refractivity contribution >= 4 is 0 Å². The number of hydrogen-bond donors (Lipinski definition) is 1. The molecule has 1 unspecified atom stereocenters. The summed E-state index contributed by atoms with van der Waals surface area (Å²) in [6.07, 6.45) is 3.12. The molecule has 0 heterocycles. The van der Waals surface area contributed by atoms with Crippen molar-refractivity contribution in [2.45, 2.75) is 19.4 Å². The quantitative estimate of drug-likeness (QED) is 0.579. The van der Waals surface area contributed by atoms with Gasteiger partial charge in [-0.1, -0.05) is 13.0 Å². The van der Waals surface area contributed by atoms with Gasteiger partial charge in [-0.3, -0.25) is 0 Å². The first-order valence-corrected chi connectivity index (χ1v) is 4.21. The Kier molecular flexibility index (Phi) is 6.18. The van der Waals surface area contributed by atoms with Crippen molar-refractivity contribution < 1.29 is 0 Å². The third-order valence-corrected chi connectivity index (χ3v) is 1.64. The highest BCUT2D eigenvalue weighted by Crippen LogP contribution is 1.93. The van der Waals surface area contributed by atoms with Crippen LogP contribution in [0, 0.1) is 0 Å². The molecule has 2 heteroatoms. The first-order chi connectivity index (χ1) is 5.20. The van der Waals surface area contributed by atoms with Gasteiger partial charge < -0.3 is 10.2 Å². The van der Waals surface area contributed by atoms with Gasteiger partial charge in [0.05, 0.1) is 0 Å². The molecule has 0 rings (SSSR count). The Hall–Kier alpha value is -0.340. The predicted octanol–water partition coefficient (Wildman–Crippen LogP) is 1.10. The summed E-state index contributed by atoms with van der Waals surface area (Å²) in [5.74, 6) is 0. The smallest absolute Gasteiger partial charge is 0.0259 e. The monoisotopic (exact) mass is 156 g/mol. The maximum Gasteiger partial charge on any atom is 0.0259 e. The first kappa shape index (κ1) is 10.7. The highest BCUT2D eigenvalue weighted by molar-refractivity contribution is 4.85. The van der Waals surface area contributed by atoms with Crippen LogP contribution in [-0.2, 0) is 0 Å². The molecule has 0 fully saturated rings. The van der Waals surface area contributed by atoms with Crippen LogP contribution in [0.25, 0.3) is 0 Å². The van der Waals surface area contributed by atoms with E-state index in [1.807, 2.05) is 6.08 Å². The van der Waals surface area contributed by atoms with Crippen LogP contribution in [-0.4, -0.2) is 38.1 Å². The number of nitrogens with zero attached hydrogens (tertiary/aromatic N) is 1. The Bertz CT molecular complexity index is 99.7. The Morgan fingerprint density at radius 1 is 1.55 bits per heavy atom. The zero-order chi connectivity index (χ0) is 8.69. The lowest BCUT2D eigenvalue weighted by molar-refractivity contribution is 0.378. The van der Waals surface area contributed by atoms with E-state index in [1.54, 1.807) is 0 Å². The second-order valence-corrected chi connectivity index (χ2v) is 2.99. The van der Waals surface area contributed by atoms with Gasteiger partial charge in [-0.25, -0.2) is 0 Å². The van der Waals surface area contributed by atoms with Crippen molar-refractivity contribution in [3.05, 3.63) is 12.7 Å². The summed E-state index contributed by atoms with van der Waals surface area (Å²) >= 11 is 0. The molecule has 66 valence electrons. The predicted molar refractivity (Wildman–Crippen MR) is 50.8 cm³/mol. The van der Waals surface area contributed by atoms with Crippen LogP contribution in [0.5, 0.6) is 0 Å². The van der Waals surface area contributed by atoms with E-state index in [-0.39, 0.29) is 0 Å². The third kappa shape index (κ3) is 6.07. The summed E-state index contributed by atoms with van der Waals surface area (Å²) in [6.45, 7) is 8.03. The van der Waals surface area contributed by atoms with Gasteiger partial charge in [0.1, 0.15) is 0 Å². The Morgan fingerprint density at radius 2 is 2.18 bits per heavy atom. The minimum Gasteiger partial charge on any atom is -0.311 e. The van der Waals surface area contributed by atoms with E-state index in [2.05, 4.69) is 37.8 Å². The Labute approximate surface area is 70.3 Å². The van der Waals surface area contributed by atoms with E-state index in [0.29, 0.717) is 6.04 Å². The molecule has 11 heavy (non-hydrogen) atoms. The molecule has 0 saturated carbocycles. The summed E-state index contributed by atoms with van der Waals surface area (Å²) in [7, 11) is 4.18. The molecule has 0 aliphatic rings. The van der Waals surface area contributed by atoms with Crippen molar-refractivity contribution in [1.82, 2.24) is 10.2 Å². The number of nitrogens with one attached hydrogen (secondary N) is 1. The summed E-state index contributed by atoms with van der Waals surface area (Å²) < 4.78 is 0. The number of hydrogen-bond acceptors (Lipinski definition) is 2. The lowest BCUT2D eigenvalue weighted by Crippen LogP contribution is -2.30. The van der Waals surface area contributed by atoms with Crippen LogP contribution in [0.2, 0.25) is 0 Å². The van der Waals surface area contributed by atoms with E-state index >= 15 is 0 Å². The molecule has 0 saturated heterocycles. The molecule has 1 atom stereocenters. The van der Waals surface area contributed by atoms with Gasteiger partial charge in [0.25, 0.3) is 0 Å². The number of likely N-dealkylation sites (N-methyl/N-ethyl adjacent to an activating group) is 1.